The van der Waals surface area contributed by atoms with Crippen LogP contribution < -0.4 is 0 Å². The average molecular weight is 215 g/mol. The molecule has 1 aromatic carbocycles. The van der Waals surface area contributed by atoms with Gasteiger partial charge in [-0.3, -0.25) is 0 Å². The Kier molecular flexibility index (Phi) is 2.85. The lowest BCUT2D eigenvalue weighted by Gasteiger charge is -2.03. The van der Waals surface area contributed by atoms with Crippen molar-refractivity contribution in [3.05, 3.63) is 33.6 Å². The lowest BCUT2D eigenvalue weighted by molar-refractivity contribution is 0.151. The van der Waals surface area contributed by atoms with Crippen molar-refractivity contribution in [1.82, 2.24) is 0 Å². The second-order valence-electron chi connectivity index (χ2n) is 2.07. The largest absolute Gasteiger partial charge is 0.265 e. The van der Waals surface area contributed by atoms with Gasteiger partial charge < -0.3 is 0 Å². The molecule has 0 heterocycles. The van der Waals surface area contributed by atoms with Gasteiger partial charge in [0, 0.05) is 5.56 Å². The van der Waals surface area contributed by atoms with Crippen LogP contribution in [0.15, 0.2) is 12.1 Å². The summed E-state index contributed by atoms with van der Waals surface area (Å²) in [7, 11) is 0. The van der Waals surface area contributed by atoms with Crippen LogP contribution in [-0.2, 0) is 0 Å². The lowest BCUT2D eigenvalue weighted by atomic mass is 10.2. The summed E-state index contributed by atoms with van der Waals surface area (Å²) in [5, 5.41) is -0.873. The maximum Gasteiger partial charge on any atom is 0.265 e. The summed E-state index contributed by atoms with van der Waals surface area (Å²) in [6, 6.07) is 2.04. The second-order valence-corrected chi connectivity index (χ2v) is 2.85. The topological polar surface area (TPSA) is 0 Å². The zero-order chi connectivity index (χ0) is 9.30. The quantitative estimate of drug-likeness (QED) is 0.619. The molecule has 1 aromatic rings. The fraction of sp³-hybridized carbons (Fsp3) is 0.143. The van der Waals surface area contributed by atoms with Crippen molar-refractivity contribution in [1.29, 1.82) is 0 Å². The highest BCUT2D eigenvalue weighted by Gasteiger charge is 2.16. The minimum Gasteiger partial charge on any atom is -0.205 e. The summed E-state index contributed by atoms with van der Waals surface area (Å²) in [5.74, 6) is -1.00. The van der Waals surface area contributed by atoms with Gasteiger partial charge in [-0.2, -0.15) is 0 Å². The molecule has 66 valence electrons. The summed E-state index contributed by atoms with van der Waals surface area (Å²) in [4.78, 5) is 0. The van der Waals surface area contributed by atoms with Gasteiger partial charge in [-0.25, -0.2) is 13.2 Å². The molecule has 0 saturated heterocycles. The molecule has 0 N–H and O–H groups in total. The molecule has 0 nitrogen and oxygen atoms in total. The Morgan fingerprint density at radius 2 is 1.75 bits per heavy atom. The fourth-order valence-corrected chi connectivity index (χ4v) is 1.16. The van der Waals surface area contributed by atoms with Crippen molar-refractivity contribution in [2.24, 2.45) is 0 Å². The zero-order valence-electron chi connectivity index (χ0n) is 5.62. The molecule has 0 aromatic heterocycles. The number of halogens is 5. The van der Waals surface area contributed by atoms with Gasteiger partial charge in [-0.1, -0.05) is 29.3 Å². The van der Waals surface area contributed by atoms with Crippen LogP contribution >= 0.6 is 23.2 Å². The summed E-state index contributed by atoms with van der Waals surface area (Å²) in [6.45, 7) is 0. The molecule has 0 bridgehead atoms. The van der Waals surface area contributed by atoms with Crippen LogP contribution in [0.5, 0.6) is 0 Å². The van der Waals surface area contributed by atoms with Gasteiger partial charge in [0.25, 0.3) is 6.43 Å². The van der Waals surface area contributed by atoms with E-state index >= 15 is 0 Å². The van der Waals surface area contributed by atoms with Gasteiger partial charge >= 0.3 is 0 Å². The number of hydrogen-bond donors (Lipinski definition) is 0. The smallest absolute Gasteiger partial charge is 0.205 e. The summed E-state index contributed by atoms with van der Waals surface area (Å²) in [6.07, 6.45) is -2.79. The molecule has 0 aliphatic rings. The van der Waals surface area contributed by atoms with E-state index < -0.39 is 22.8 Å². The molecule has 0 aliphatic carbocycles. The van der Waals surface area contributed by atoms with E-state index in [1.165, 1.54) is 0 Å². The van der Waals surface area contributed by atoms with E-state index in [0.29, 0.717) is 0 Å². The highest BCUT2D eigenvalue weighted by Crippen LogP contribution is 2.32. The second kappa shape index (κ2) is 3.54. The number of hydrogen-bond acceptors (Lipinski definition) is 0. The highest BCUT2D eigenvalue weighted by atomic mass is 35.5. The van der Waals surface area contributed by atoms with Crippen LogP contribution in [0.3, 0.4) is 0 Å². The Morgan fingerprint density at radius 1 is 1.17 bits per heavy atom. The van der Waals surface area contributed by atoms with E-state index in [2.05, 4.69) is 0 Å². The van der Waals surface area contributed by atoms with Gasteiger partial charge in [0.1, 0.15) is 0 Å². The van der Waals surface area contributed by atoms with E-state index in [1.54, 1.807) is 0 Å². The molecule has 0 unspecified atom stereocenters. The Balaban J connectivity index is 3.27. The Bertz CT molecular complexity index is 299. The third-order valence-electron chi connectivity index (χ3n) is 1.30. The monoisotopic (exact) mass is 214 g/mol. The van der Waals surface area contributed by atoms with Crippen molar-refractivity contribution in [3.8, 4) is 0 Å². The van der Waals surface area contributed by atoms with Gasteiger partial charge in [0.2, 0.25) is 0 Å². The van der Waals surface area contributed by atoms with Crippen molar-refractivity contribution < 1.29 is 13.2 Å². The molecular weight excluding hydrogens is 212 g/mol. The SMILES string of the molecule is Fc1c(Cl)ccc(C(F)F)c1Cl. The first-order valence-corrected chi connectivity index (χ1v) is 3.71. The third kappa shape index (κ3) is 1.67. The highest BCUT2D eigenvalue weighted by molar-refractivity contribution is 6.35. The minimum absolute atomic E-state index is 0.260. The molecular formula is C7H3Cl2F3. The summed E-state index contributed by atoms with van der Waals surface area (Å²) < 4.78 is 36.8. The molecule has 1 rings (SSSR count). The molecule has 0 saturated carbocycles. The first kappa shape index (κ1) is 9.68. The summed E-state index contributed by atoms with van der Waals surface area (Å²) in [5.41, 5.74) is -0.543. The van der Waals surface area contributed by atoms with Crippen LogP contribution in [0.1, 0.15) is 12.0 Å². The number of benzene rings is 1. The van der Waals surface area contributed by atoms with Crippen LogP contribution in [0.2, 0.25) is 10.0 Å². The molecule has 0 fully saturated rings. The van der Waals surface area contributed by atoms with Crippen LogP contribution in [0.25, 0.3) is 0 Å². The average Bonchev–Trinajstić information content (AvgIpc) is 2.00. The van der Waals surface area contributed by atoms with Crippen molar-refractivity contribution in [3.63, 3.8) is 0 Å². The van der Waals surface area contributed by atoms with Crippen molar-refractivity contribution >= 4 is 23.2 Å². The standard InChI is InChI=1S/C7H3Cl2F3/c8-4-2-1-3(7(11)12)5(9)6(4)10/h1-2,7H. The maximum absolute atomic E-state index is 12.8. The normalized spacial score (nSPS) is 10.8. The van der Waals surface area contributed by atoms with E-state index in [0.717, 1.165) is 12.1 Å². The summed E-state index contributed by atoms with van der Waals surface area (Å²) >= 11 is 10.5. The maximum atomic E-state index is 12.8. The van der Waals surface area contributed by atoms with E-state index in [9.17, 15) is 13.2 Å². The van der Waals surface area contributed by atoms with Crippen molar-refractivity contribution in [2.45, 2.75) is 6.43 Å². The number of rotatable bonds is 1. The number of alkyl halides is 2. The van der Waals surface area contributed by atoms with E-state index in [1.807, 2.05) is 0 Å². The molecule has 12 heavy (non-hydrogen) atoms. The molecule has 0 amide bonds. The lowest BCUT2D eigenvalue weighted by Crippen LogP contribution is -1.89. The zero-order valence-corrected chi connectivity index (χ0v) is 7.13. The van der Waals surface area contributed by atoms with Crippen molar-refractivity contribution in [2.75, 3.05) is 0 Å². The molecule has 0 spiro atoms. The van der Waals surface area contributed by atoms with E-state index in [4.69, 9.17) is 23.2 Å². The Labute approximate surface area is 76.9 Å². The van der Waals surface area contributed by atoms with E-state index in [-0.39, 0.29) is 5.02 Å². The van der Waals surface area contributed by atoms with Gasteiger partial charge in [0.15, 0.2) is 5.82 Å². The molecule has 5 heteroatoms. The predicted octanol–water partition coefficient (Wildman–Crippen LogP) is 4.07. The fourth-order valence-electron chi connectivity index (χ4n) is 0.709. The predicted molar refractivity (Wildman–Crippen MR) is 41.4 cm³/mol. The van der Waals surface area contributed by atoms with Gasteiger partial charge in [0.05, 0.1) is 10.0 Å². The molecule has 0 radical (unpaired) electrons. The van der Waals surface area contributed by atoms with Crippen LogP contribution in [0, 0.1) is 5.82 Å². The minimum atomic E-state index is -2.79. The first-order chi connectivity index (χ1) is 5.54. The Hall–Kier alpha value is -0.410. The van der Waals surface area contributed by atoms with Gasteiger partial charge in [-0.05, 0) is 6.07 Å². The molecule has 0 atom stereocenters. The Morgan fingerprint density at radius 3 is 2.25 bits per heavy atom. The van der Waals surface area contributed by atoms with Crippen LogP contribution in [-0.4, -0.2) is 0 Å². The third-order valence-corrected chi connectivity index (χ3v) is 1.98. The molecule has 0 aliphatic heterocycles. The first-order valence-electron chi connectivity index (χ1n) is 2.95. The van der Waals surface area contributed by atoms with Gasteiger partial charge in [-0.15, -0.1) is 0 Å². The van der Waals surface area contributed by atoms with Crippen LogP contribution in [0.4, 0.5) is 13.2 Å².